The van der Waals surface area contributed by atoms with Gasteiger partial charge < -0.3 is 10.1 Å². The Morgan fingerprint density at radius 3 is 2.62 bits per heavy atom. The van der Waals surface area contributed by atoms with E-state index in [9.17, 15) is 14.4 Å². The number of hydrogen-bond donors (Lipinski definition) is 1. The molecule has 0 aliphatic rings. The standard InChI is InChI=1S/C21H17N5O5S/c1-2-30-20(28)16-14(13-7-4-3-5-8-13)12-32-19(16)24-15(27)11-26-18(25-31-21(26)29)17-22-9-6-10-23-17/h3-10,12H,2,11H2,1H3,(H,24,27). The van der Waals surface area contributed by atoms with E-state index < -0.39 is 24.2 Å². The van der Waals surface area contributed by atoms with Crippen LogP contribution in [0.25, 0.3) is 22.8 Å². The summed E-state index contributed by atoms with van der Waals surface area (Å²) < 4.78 is 10.9. The van der Waals surface area contributed by atoms with Crippen LogP contribution in [0.15, 0.2) is 63.5 Å². The Morgan fingerprint density at radius 2 is 1.91 bits per heavy atom. The molecule has 0 unspecified atom stereocenters. The number of amides is 1. The van der Waals surface area contributed by atoms with Gasteiger partial charge in [-0.15, -0.1) is 11.3 Å². The van der Waals surface area contributed by atoms with E-state index in [1.807, 2.05) is 30.3 Å². The van der Waals surface area contributed by atoms with Crippen LogP contribution in [0, 0.1) is 0 Å². The SMILES string of the molecule is CCOC(=O)c1c(-c2ccccc2)csc1NC(=O)Cn1c(-c2ncccn2)noc1=O. The Hall–Kier alpha value is -4.12. The second-order valence-corrected chi connectivity index (χ2v) is 7.30. The van der Waals surface area contributed by atoms with Gasteiger partial charge in [0.15, 0.2) is 5.82 Å². The van der Waals surface area contributed by atoms with E-state index in [2.05, 4.69) is 25.0 Å². The topological polar surface area (TPSA) is 129 Å². The van der Waals surface area contributed by atoms with Crippen molar-refractivity contribution in [3.05, 3.63) is 70.3 Å². The molecule has 0 spiro atoms. The van der Waals surface area contributed by atoms with E-state index in [-0.39, 0.29) is 23.8 Å². The number of hydrogen-bond acceptors (Lipinski definition) is 9. The Kier molecular flexibility index (Phi) is 6.17. The molecule has 0 saturated heterocycles. The number of thiophene rings is 1. The molecule has 162 valence electrons. The molecule has 0 radical (unpaired) electrons. The van der Waals surface area contributed by atoms with Crippen LogP contribution >= 0.6 is 11.3 Å². The maximum absolute atomic E-state index is 12.8. The van der Waals surface area contributed by atoms with Gasteiger partial charge in [-0.3, -0.25) is 9.32 Å². The van der Waals surface area contributed by atoms with Crippen LogP contribution in [-0.2, 0) is 16.1 Å². The largest absolute Gasteiger partial charge is 0.462 e. The lowest BCUT2D eigenvalue weighted by molar-refractivity contribution is -0.116. The fourth-order valence-corrected chi connectivity index (χ4v) is 3.95. The molecule has 1 N–H and O–H groups in total. The van der Waals surface area contributed by atoms with Crippen molar-refractivity contribution in [2.45, 2.75) is 13.5 Å². The van der Waals surface area contributed by atoms with Gasteiger partial charge in [-0.1, -0.05) is 35.5 Å². The number of nitrogens with zero attached hydrogens (tertiary/aromatic N) is 4. The zero-order valence-corrected chi connectivity index (χ0v) is 17.7. The smallest absolute Gasteiger partial charge is 0.442 e. The minimum atomic E-state index is -0.829. The maximum Gasteiger partial charge on any atom is 0.442 e. The molecular weight excluding hydrogens is 434 g/mol. The summed E-state index contributed by atoms with van der Waals surface area (Å²) in [5.74, 6) is -1.78. The summed E-state index contributed by atoms with van der Waals surface area (Å²) in [5.41, 5.74) is 1.71. The van der Waals surface area contributed by atoms with Gasteiger partial charge in [0, 0.05) is 23.3 Å². The van der Waals surface area contributed by atoms with Gasteiger partial charge in [0.05, 0.1) is 6.61 Å². The van der Waals surface area contributed by atoms with Crippen molar-refractivity contribution >= 4 is 28.2 Å². The highest BCUT2D eigenvalue weighted by molar-refractivity contribution is 7.15. The fraction of sp³-hybridized carbons (Fsp3) is 0.143. The highest BCUT2D eigenvalue weighted by atomic mass is 32.1. The van der Waals surface area contributed by atoms with E-state index in [1.54, 1.807) is 18.4 Å². The Labute approximate surface area is 185 Å². The molecule has 0 aliphatic heterocycles. The van der Waals surface area contributed by atoms with Crippen molar-refractivity contribution in [2.75, 3.05) is 11.9 Å². The summed E-state index contributed by atoms with van der Waals surface area (Å²) in [6.45, 7) is 1.49. The minimum absolute atomic E-state index is 0.0209. The highest BCUT2D eigenvalue weighted by Crippen LogP contribution is 2.36. The predicted molar refractivity (Wildman–Crippen MR) is 116 cm³/mol. The molecule has 3 heterocycles. The van der Waals surface area contributed by atoms with E-state index in [0.717, 1.165) is 10.1 Å². The zero-order valence-electron chi connectivity index (χ0n) is 16.8. The number of esters is 1. The zero-order chi connectivity index (χ0) is 22.5. The number of benzene rings is 1. The first-order valence-corrected chi connectivity index (χ1v) is 10.4. The van der Waals surface area contributed by atoms with Gasteiger partial charge in [-0.2, -0.15) is 0 Å². The molecule has 0 bridgehead atoms. The van der Waals surface area contributed by atoms with Gasteiger partial charge in [-0.25, -0.2) is 24.1 Å². The molecule has 32 heavy (non-hydrogen) atoms. The van der Waals surface area contributed by atoms with E-state index >= 15 is 0 Å². The minimum Gasteiger partial charge on any atom is -0.462 e. The number of nitrogens with one attached hydrogen (secondary N) is 1. The Balaban J connectivity index is 1.62. The first-order valence-electron chi connectivity index (χ1n) is 9.56. The molecule has 1 amide bonds. The summed E-state index contributed by atoms with van der Waals surface area (Å²) in [5, 5.41) is 8.44. The van der Waals surface area contributed by atoms with Gasteiger partial charge in [-0.05, 0) is 18.6 Å². The second kappa shape index (κ2) is 9.35. The molecule has 0 aliphatic carbocycles. The van der Waals surface area contributed by atoms with E-state index in [0.29, 0.717) is 10.6 Å². The van der Waals surface area contributed by atoms with Crippen molar-refractivity contribution in [3.63, 3.8) is 0 Å². The van der Waals surface area contributed by atoms with Crippen molar-refractivity contribution in [1.82, 2.24) is 19.7 Å². The molecule has 0 fully saturated rings. The summed E-state index contributed by atoms with van der Waals surface area (Å²) in [6, 6.07) is 10.9. The quantitative estimate of drug-likeness (QED) is 0.425. The number of rotatable bonds is 7. The van der Waals surface area contributed by atoms with Crippen LogP contribution < -0.4 is 11.1 Å². The first kappa shape index (κ1) is 21.1. The van der Waals surface area contributed by atoms with Crippen LogP contribution in [-0.4, -0.2) is 38.2 Å². The number of ether oxygens (including phenoxy) is 1. The average Bonchev–Trinajstić information content (AvgIpc) is 3.39. The molecule has 10 nitrogen and oxygen atoms in total. The van der Waals surface area contributed by atoms with Crippen LogP contribution in [0.4, 0.5) is 5.00 Å². The summed E-state index contributed by atoms with van der Waals surface area (Å²) in [7, 11) is 0. The van der Waals surface area contributed by atoms with Gasteiger partial charge >= 0.3 is 11.7 Å². The van der Waals surface area contributed by atoms with Crippen LogP contribution in [0.5, 0.6) is 0 Å². The molecule has 0 atom stereocenters. The predicted octanol–water partition coefficient (Wildman–Crippen LogP) is 2.84. The lowest BCUT2D eigenvalue weighted by Crippen LogP contribution is -2.26. The van der Waals surface area contributed by atoms with Crippen LogP contribution in [0.2, 0.25) is 0 Å². The molecule has 3 aromatic heterocycles. The van der Waals surface area contributed by atoms with Crippen LogP contribution in [0.1, 0.15) is 17.3 Å². The van der Waals surface area contributed by atoms with E-state index in [4.69, 9.17) is 4.74 Å². The third-order valence-corrected chi connectivity index (χ3v) is 5.26. The second-order valence-electron chi connectivity index (χ2n) is 6.42. The van der Waals surface area contributed by atoms with Crippen molar-refractivity contribution in [2.24, 2.45) is 0 Å². The molecule has 11 heteroatoms. The summed E-state index contributed by atoms with van der Waals surface area (Å²) in [4.78, 5) is 45.5. The number of aromatic nitrogens is 4. The van der Waals surface area contributed by atoms with Gasteiger partial charge in [0.25, 0.3) is 0 Å². The lowest BCUT2D eigenvalue weighted by atomic mass is 10.0. The molecule has 4 rings (SSSR count). The lowest BCUT2D eigenvalue weighted by Gasteiger charge is -2.09. The maximum atomic E-state index is 12.8. The van der Waals surface area contributed by atoms with Gasteiger partial charge in [0.2, 0.25) is 11.7 Å². The van der Waals surface area contributed by atoms with Crippen LogP contribution in [0.3, 0.4) is 0 Å². The molecular formula is C21H17N5O5S. The number of carbonyl (C=O) groups excluding carboxylic acids is 2. The number of carbonyl (C=O) groups is 2. The Morgan fingerprint density at radius 1 is 1.16 bits per heavy atom. The normalized spacial score (nSPS) is 10.7. The monoisotopic (exact) mass is 451 g/mol. The third-order valence-electron chi connectivity index (χ3n) is 4.36. The third kappa shape index (κ3) is 4.32. The number of anilines is 1. The van der Waals surface area contributed by atoms with Crippen molar-refractivity contribution in [3.8, 4) is 22.8 Å². The summed E-state index contributed by atoms with van der Waals surface area (Å²) in [6.07, 6.45) is 2.96. The molecule has 1 aromatic carbocycles. The highest BCUT2D eigenvalue weighted by Gasteiger charge is 2.24. The van der Waals surface area contributed by atoms with E-state index in [1.165, 1.54) is 23.7 Å². The fourth-order valence-electron chi connectivity index (χ4n) is 2.98. The van der Waals surface area contributed by atoms with Gasteiger partial charge in [0.1, 0.15) is 17.1 Å². The molecule has 0 saturated carbocycles. The summed E-state index contributed by atoms with van der Waals surface area (Å²) >= 11 is 1.19. The van der Waals surface area contributed by atoms with Crippen molar-refractivity contribution in [1.29, 1.82) is 0 Å². The average molecular weight is 451 g/mol. The van der Waals surface area contributed by atoms with Crippen molar-refractivity contribution < 1.29 is 18.8 Å². The Bertz CT molecular complexity index is 1300. The molecule has 4 aromatic rings. The first-order chi connectivity index (χ1) is 15.6.